The maximum absolute atomic E-state index is 12.8. The molecule has 0 radical (unpaired) electrons. The van der Waals surface area contributed by atoms with Gasteiger partial charge in [-0.1, -0.05) is 48.5 Å². The van der Waals surface area contributed by atoms with Crippen LogP contribution in [0.15, 0.2) is 96.7 Å². The second kappa shape index (κ2) is 11.0. The molecule has 3 aromatic rings. The van der Waals surface area contributed by atoms with Gasteiger partial charge in [-0.15, -0.1) is 0 Å². The molecule has 1 amide bonds. The second-order valence-electron chi connectivity index (χ2n) is 8.18. The van der Waals surface area contributed by atoms with Crippen LogP contribution in [0.1, 0.15) is 18.4 Å². The van der Waals surface area contributed by atoms with E-state index in [1.54, 1.807) is 4.90 Å². The third kappa shape index (κ3) is 6.24. The van der Waals surface area contributed by atoms with Crippen molar-refractivity contribution in [3.8, 4) is 17.6 Å². The largest absolute Gasteiger partial charge is 0.457 e. The lowest BCUT2D eigenvalue weighted by Gasteiger charge is -2.32. The van der Waals surface area contributed by atoms with Crippen LogP contribution < -0.4 is 10.1 Å². The number of piperidine rings is 1. The quantitative estimate of drug-likeness (QED) is 0.376. The highest BCUT2D eigenvalue weighted by Crippen LogP contribution is 2.24. The number of nitrogens with one attached hydrogen (secondary N) is 1. The number of anilines is 1. The van der Waals surface area contributed by atoms with E-state index < -0.39 is 0 Å². The van der Waals surface area contributed by atoms with Crippen molar-refractivity contribution in [3.05, 3.63) is 102 Å². The van der Waals surface area contributed by atoms with Gasteiger partial charge in [0.15, 0.2) is 0 Å². The third-order valence-electron chi connectivity index (χ3n) is 5.84. The van der Waals surface area contributed by atoms with Crippen molar-refractivity contribution in [3.63, 3.8) is 0 Å². The highest BCUT2D eigenvalue weighted by atomic mass is 16.5. The summed E-state index contributed by atoms with van der Waals surface area (Å²) in [6.07, 6.45) is 4.44. The van der Waals surface area contributed by atoms with E-state index in [0.29, 0.717) is 24.8 Å². The zero-order chi connectivity index (χ0) is 22.9. The molecular weight excluding hydrogens is 410 g/mol. The molecule has 0 bridgehead atoms. The Hall–Kier alpha value is -4.04. The number of nitriles is 1. The molecule has 0 unspecified atom stereocenters. The summed E-state index contributed by atoms with van der Waals surface area (Å²) in [6.45, 7) is 1.36. The smallest absolute Gasteiger partial charge is 0.266 e. The molecule has 0 aliphatic carbocycles. The number of benzene rings is 3. The van der Waals surface area contributed by atoms with Crippen LogP contribution in [0.25, 0.3) is 0 Å². The first-order chi connectivity index (χ1) is 16.2. The molecule has 33 heavy (non-hydrogen) atoms. The van der Waals surface area contributed by atoms with Gasteiger partial charge < -0.3 is 15.0 Å². The summed E-state index contributed by atoms with van der Waals surface area (Å²) in [7, 11) is 0. The van der Waals surface area contributed by atoms with Crippen molar-refractivity contribution in [1.29, 1.82) is 5.26 Å². The lowest BCUT2D eigenvalue weighted by atomic mass is 9.90. The number of likely N-dealkylation sites (tertiary alicyclic amines) is 1. The fourth-order valence-electron chi connectivity index (χ4n) is 4.00. The highest BCUT2D eigenvalue weighted by molar-refractivity contribution is 5.97. The minimum atomic E-state index is -0.216. The summed E-state index contributed by atoms with van der Waals surface area (Å²) in [5.41, 5.74) is 2.22. The average molecular weight is 438 g/mol. The average Bonchev–Trinajstić information content (AvgIpc) is 2.87. The number of ether oxygens (including phenoxy) is 1. The van der Waals surface area contributed by atoms with E-state index >= 15 is 0 Å². The van der Waals surface area contributed by atoms with Gasteiger partial charge in [-0.05, 0) is 67.1 Å². The first-order valence-corrected chi connectivity index (χ1v) is 11.2. The Kier molecular flexibility index (Phi) is 7.40. The molecule has 1 aliphatic heterocycles. The van der Waals surface area contributed by atoms with E-state index in [1.165, 1.54) is 11.8 Å². The van der Waals surface area contributed by atoms with Crippen LogP contribution in [0.4, 0.5) is 5.69 Å². The molecule has 1 saturated heterocycles. The SMILES string of the molecule is N#C/C(=C/Nc1ccc(Oc2ccccc2)cc1)C(=O)N1CCC(Cc2ccccc2)CC1. The van der Waals surface area contributed by atoms with Crippen molar-refractivity contribution in [1.82, 2.24) is 4.90 Å². The minimum Gasteiger partial charge on any atom is -0.457 e. The van der Waals surface area contributed by atoms with E-state index in [0.717, 1.165) is 30.7 Å². The molecule has 5 nitrogen and oxygen atoms in total. The van der Waals surface area contributed by atoms with Crippen molar-refractivity contribution in [2.45, 2.75) is 19.3 Å². The van der Waals surface area contributed by atoms with E-state index in [1.807, 2.05) is 66.7 Å². The third-order valence-corrected chi connectivity index (χ3v) is 5.84. The van der Waals surface area contributed by atoms with Crippen LogP contribution in [-0.2, 0) is 11.2 Å². The van der Waals surface area contributed by atoms with Gasteiger partial charge in [-0.3, -0.25) is 4.79 Å². The van der Waals surface area contributed by atoms with Crippen LogP contribution >= 0.6 is 0 Å². The Morgan fingerprint density at radius 2 is 1.55 bits per heavy atom. The van der Waals surface area contributed by atoms with E-state index in [4.69, 9.17) is 4.74 Å². The molecule has 0 spiro atoms. The van der Waals surface area contributed by atoms with Crippen molar-refractivity contribution >= 4 is 11.6 Å². The molecule has 166 valence electrons. The second-order valence-corrected chi connectivity index (χ2v) is 8.18. The van der Waals surface area contributed by atoms with Crippen molar-refractivity contribution in [2.24, 2.45) is 5.92 Å². The number of carbonyl (C=O) groups is 1. The number of nitrogens with zero attached hydrogens (tertiary/aromatic N) is 2. The molecule has 4 rings (SSSR count). The Morgan fingerprint density at radius 3 is 2.18 bits per heavy atom. The summed E-state index contributed by atoms with van der Waals surface area (Å²) < 4.78 is 5.79. The van der Waals surface area contributed by atoms with Gasteiger partial charge in [0.25, 0.3) is 5.91 Å². The van der Waals surface area contributed by atoms with Gasteiger partial charge >= 0.3 is 0 Å². The van der Waals surface area contributed by atoms with Gasteiger partial charge in [0.1, 0.15) is 23.1 Å². The summed E-state index contributed by atoms with van der Waals surface area (Å²) in [5, 5.41) is 12.6. The standard InChI is InChI=1S/C28H27N3O2/c29-20-24(21-30-25-11-13-27(14-12-25)33-26-9-5-2-6-10-26)28(32)31-17-15-23(16-18-31)19-22-7-3-1-4-8-22/h1-14,21,23,30H,15-19H2/b24-21-. The van der Waals surface area contributed by atoms with Gasteiger partial charge in [-0.2, -0.15) is 5.26 Å². The molecule has 0 atom stereocenters. The Morgan fingerprint density at radius 1 is 0.939 bits per heavy atom. The number of rotatable bonds is 7. The molecule has 5 heteroatoms. The maximum Gasteiger partial charge on any atom is 0.266 e. The summed E-state index contributed by atoms with van der Waals surface area (Å²) in [5.74, 6) is 1.83. The molecule has 1 aliphatic rings. The van der Waals surface area contributed by atoms with Crippen LogP contribution in [-0.4, -0.2) is 23.9 Å². The van der Waals surface area contributed by atoms with Gasteiger partial charge in [0, 0.05) is 25.0 Å². The molecule has 3 aromatic carbocycles. The number of hydrogen-bond acceptors (Lipinski definition) is 4. The van der Waals surface area contributed by atoms with E-state index in [9.17, 15) is 10.1 Å². The molecule has 1 N–H and O–H groups in total. The molecule has 1 fully saturated rings. The first-order valence-electron chi connectivity index (χ1n) is 11.2. The zero-order valence-electron chi connectivity index (χ0n) is 18.5. The predicted octanol–water partition coefficient (Wildman–Crippen LogP) is 5.78. The molecule has 0 saturated carbocycles. The predicted molar refractivity (Wildman–Crippen MR) is 130 cm³/mol. The zero-order valence-corrected chi connectivity index (χ0v) is 18.5. The summed E-state index contributed by atoms with van der Waals surface area (Å²) in [6, 6.07) is 29.5. The maximum atomic E-state index is 12.8. The lowest BCUT2D eigenvalue weighted by molar-refractivity contribution is -0.128. The molecular formula is C28H27N3O2. The monoisotopic (exact) mass is 437 g/mol. The Labute approximate surface area is 194 Å². The number of para-hydroxylation sites is 1. The Balaban J connectivity index is 1.29. The van der Waals surface area contributed by atoms with E-state index in [-0.39, 0.29) is 11.5 Å². The van der Waals surface area contributed by atoms with Gasteiger partial charge in [0.05, 0.1) is 0 Å². The van der Waals surface area contributed by atoms with Gasteiger partial charge in [0.2, 0.25) is 0 Å². The van der Waals surface area contributed by atoms with E-state index in [2.05, 4.69) is 29.6 Å². The number of amides is 1. The summed E-state index contributed by atoms with van der Waals surface area (Å²) in [4.78, 5) is 14.6. The minimum absolute atomic E-state index is 0.112. The van der Waals surface area contributed by atoms with Gasteiger partial charge in [-0.25, -0.2) is 0 Å². The van der Waals surface area contributed by atoms with Crippen LogP contribution in [0.5, 0.6) is 11.5 Å². The fourth-order valence-corrected chi connectivity index (χ4v) is 4.00. The number of carbonyl (C=O) groups excluding carboxylic acids is 1. The van der Waals surface area contributed by atoms with Crippen LogP contribution in [0, 0.1) is 17.2 Å². The highest BCUT2D eigenvalue weighted by Gasteiger charge is 2.25. The van der Waals surface area contributed by atoms with Crippen molar-refractivity contribution < 1.29 is 9.53 Å². The lowest BCUT2D eigenvalue weighted by Crippen LogP contribution is -2.39. The fraction of sp³-hybridized carbons (Fsp3) is 0.214. The topological polar surface area (TPSA) is 65.4 Å². The first kappa shape index (κ1) is 22.2. The normalized spacial score (nSPS) is 14.4. The molecule has 0 aromatic heterocycles. The van der Waals surface area contributed by atoms with Crippen LogP contribution in [0.2, 0.25) is 0 Å². The molecule has 1 heterocycles. The Bertz CT molecular complexity index is 1110. The summed E-state index contributed by atoms with van der Waals surface area (Å²) >= 11 is 0. The van der Waals surface area contributed by atoms with Crippen LogP contribution in [0.3, 0.4) is 0 Å². The van der Waals surface area contributed by atoms with Crippen molar-refractivity contribution in [2.75, 3.05) is 18.4 Å². The number of hydrogen-bond donors (Lipinski definition) is 1.